The van der Waals surface area contributed by atoms with Gasteiger partial charge in [-0.3, -0.25) is 9.58 Å². The van der Waals surface area contributed by atoms with Gasteiger partial charge in [0.1, 0.15) is 18.0 Å². The Morgan fingerprint density at radius 2 is 1.94 bits per heavy atom. The van der Waals surface area contributed by atoms with Crippen LogP contribution < -0.4 is 9.47 Å². The van der Waals surface area contributed by atoms with Crippen molar-refractivity contribution in [2.24, 2.45) is 0 Å². The van der Waals surface area contributed by atoms with Crippen LogP contribution in [0.2, 0.25) is 0 Å². The van der Waals surface area contributed by atoms with E-state index in [1.807, 2.05) is 30.1 Å². The van der Waals surface area contributed by atoms with Gasteiger partial charge in [0, 0.05) is 39.4 Å². The number of aryl methyl sites for hydroxylation is 2. The van der Waals surface area contributed by atoms with Gasteiger partial charge in [0.2, 0.25) is 0 Å². The highest BCUT2D eigenvalue weighted by Crippen LogP contribution is 2.29. The number of hydrogen-bond acceptors (Lipinski definition) is 5. The molecule has 6 nitrogen and oxygen atoms in total. The largest absolute Gasteiger partial charge is 0.494 e. The van der Waals surface area contributed by atoms with E-state index in [1.165, 1.54) is 17.2 Å². The molecule has 4 rings (SSSR count). The Bertz CT molecular complexity index is 1070. The van der Waals surface area contributed by atoms with E-state index >= 15 is 0 Å². The molecule has 1 fully saturated rings. The van der Waals surface area contributed by atoms with Gasteiger partial charge in [-0.25, -0.2) is 4.39 Å². The second-order valence-corrected chi connectivity index (χ2v) is 9.37. The Balaban J connectivity index is 1.26. The van der Waals surface area contributed by atoms with Crippen molar-refractivity contribution in [3.63, 3.8) is 0 Å². The van der Waals surface area contributed by atoms with Crippen LogP contribution in [0.4, 0.5) is 4.39 Å². The molecule has 1 atom stereocenters. The Kier molecular flexibility index (Phi) is 8.77. The first-order valence-electron chi connectivity index (χ1n) is 12.4. The van der Waals surface area contributed by atoms with Crippen LogP contribution >= 0.6 is 0 Å². The van der Waals surface area contributed by atoms with Crippen molar-refractivity contribution in [2.75, 3.05) is 33.4 Å². The molecule has 0 radical (unpaired) electrons. The van der Waals surface area contributed by atoms with Crippen LogP contribution in [0.25, 0.3) is 0 Å². The fraction of sp³-hybridized carbons (Fsp3) is 0.464. The highest BCUT2D eigenvalue weighted by molar-refractivity contribution is 5.28. The van der Waals surface area contributed by atoms with Crippen LogP contribution in [-0.2, 0) is 17.8 Å². The molecule has 0 bridgehead atoms. The summed E-state index contributed by atoms with van der Waals surface area (Å²) in [5, 5.41) is 4.32. The molecule has 3 aromatic rings. The normalized spacial score (nSPS) is 18.8. The van der Waals surface area contributed by atoms with Gasteiger partial charge in [-0.15, -0.1) is 0 Å². The Morgan fingerprint density at radius 3 is 2.74 bits per heavy atom. The zero-order valence-electron chi connectivity index (χ0n) is 20.8. The minimum atomic E-state index is -0.408. The molecule has 0 N–H and O–H groups in total. The molecule has 0 aliphatic carbocycles. The summed E-state index contributed by atoms with van der Waals surface area (Å²) in [7, 11) is 1.73. The van der Waals surface area contributed by atoms with Crippen molar-refractivity contribution in [1.82, 2.24) is 14.7 Å². The molecule has 188 valence electrons. The highest BCUT2D eigenvalue weighted by atomic mass is 19.1. The van der Waals surface area contributed by atoms with Crippen LogP contribution in [0.3, 0.4) is 0 Å². The van der Waals surface area contributed by atoms with E-state index in [9.17, 15) is 4.39 Å². The molecule has 2 heterocycles. The molecule has 35 heavy (non-hydrogen) atoms. The van der Waals surface area contributed by atoms with E-state index in [0.29, 0.717) is 13.2 Å². The van der Waals surface area contributed by atoms with Gasteiger partial charge in [0.15, 0.2) is 11.6 Å². The van der Waals surface area contributed by atoms with E-state index in [2.05, 4.69) is 28.2 Å². The third kappa shape index (κ3) is 7.29. The van der Waals surface area contributed by atoms with E-state index in [-0.39, 0.29) is 11.6 Å². The molecule has 7 heteroatoms. The molecule has 1 aliphatic rings. The third-order valence-corrected chi connectivity index (χ3v) is 6.62. The molecule has 0 spiro atoms. The SMILES string of the molecule is CO[C@]1(COc2ccccc2F)CCCN(Cc2cccc(OCCCn3cc(C)cn3)c2)CC1. The standard InChI is InChI=1S/C28H36FN3O3/c1-23-19-30-32(20-23)15-7-17-34-25-9-5-8-24(18-25)21-31-14-6-12-28(33-2,13-16-31)22-35-27-11-4-3-10-26(27)29/h3-5,8-11,18-20H,6-7,12-17,21-22H2,1-2H3/t28-/m1/s1. The lowest BCUT2D eigenvalue weighted by molar-refractivity contribution is -0.0548. The number of rotatable bonds is 11. The van der Waals surface area contributed by atoms with Crippen molar-refractivity contribution in [1.29, 1.82) is 0 Å². The number of hydrogen-bond donors (Lipinski definition) is 0. The molecule has 0 amide bonds. The number of nitrogens with zero attached hydrogens (tertiary/aromatic N) is 3. The van der Waals surface area contributed by atoms with E-state index in [4.69, 9.17) is 14.2 Å². The van der Waals surface area contributed by atoms with Crippen LogP contribution in [0.5, 0.6) is 11.5 Å². The first-order valence-corrected chi connectivity index (χ1v) is 12.4. The fourth-order valence-electron chi connectivity index (χ4n) is 4.56. The van der Waals surface area contributed by atoms with E-state index in [0.717, 1.165) is 57.6 Å². The zero-order valence-corrected chi connectivity index (χ0v) is 20.8. The van der Waals surface area contributed by atoms with Crippen molar-refractivity contribution in [3.8, 4) is 11.5 Å². The van der Waals surface area contributed by atoms with Crippen LogP contribution in [0.15, 0.2) is 60.9 Å². The maximum Gasteiger partial charge on any atom is 0.165 e. The zero-order chi connectivity index (χ0) is 24.5. The summed E-state index contributed by atoms with van der Waals surface area (Å²) in [6.07, 6.45) is 7.55. The van der Waals surface area contributed by atoms with Crippen LogP contribution in [0, 0.1) is 12.7 Å². The second-order valence-electron chi connectivity index (χ2n) is 9.37. The predicted octanol–water partition coefficient (Wildman–Crippen LogP) is 5.25. The molecular formula is C28H36FN3O3. The Hall–Kier alpha value is -2.90. The molecule has 2 aromatic carbocycles. The lowest BCUT2D eigenvalue weighted by Crippen LogP contribution is -2.39. The predicted molar refractivity (Wildman–Crippen MR) is 134 cm³/mol. The number of methoxy groups -OCH3 is 1. The second kappa shape index (κ2) is 12.2. The first kappa shape index (κ1) is 25.2. The summed E-state index contributed by atoms with van der Waals surface area (Å²) < 4.78 is 33.7. The summed E-state index contributed by atoms with van der Waals surface area (Å²) >= 11 is 0. The summed E-state index contributed by atoms with van der Waals surface area (Å²) in [6, 6.07) is 14.9. The Morgan fingerprint density at radius 1 is 1.06 bits per heavy atom. The summed E-state index contributed by atoms with van der Waals surface area (Å²) in [5.74, 6) is 0.840. The van der Waals surface area contributed by atoms with Gasteiger partial charge in [-0.1, -0.05) is 24.3 Å². The van der Waals surface area contributed by atoms with Crippen LogP contribution in [-0.4, -0.2) is 53.7 Å². The Labute approximate surface area is 207 Å². The smallest absolute Gasteiger partial charge is 0.165 e. The van der Waals surface area contributed by atoms with Gasteiger partial charge < -0.3 is 14.2 Å². The maximum atomic E-state index is 14.0. The van der Waals surface area contributed by atoms with Gasteiger partial charge >= 0.3 is 0 Å². The van der Waals surface area contributed by atoms with Gasteiger partial charge in [-0.05, 0) is 68.1 Å². The summed E-state index contributed by atoms with van der Waals surface area (Å²) in [4.78, 5) is 2.45. The number of halogens is 1. The number of benzene rings is 2. The van der Waals surface area contributed by atoms with Gasteiger partial charge in [0.25, 0.3) is 0 Å². The lowest BCUT2D eigenvalue weighted by atomic mass is 9.95. The minimum Gasteiger partial charge on any atom is -0.494 e. The average molecular weight is 482 g/mol. The number of para-hydroxylation sites is 1. The fourth-order valence-corrected chi connectivity index (χ4v) is 4.56. The minimum absolute atomic E-state index is 0.279. The molecule has 0 unspecified atom stereocenters. The topological polar surface area (TPSA) is 48.8 Å². The van der Waals surface area contributed by atoms with E-state index < -0.39 is 5.60 Å². The molecular weight excluding hydrogens is 445 g/mol. The van der Waals surface area contributed by atoms with Crippen molar-refractivity contribution < 1.29 is 18.6 Å². The molecule has 1 aliphatic heterocycles. The molecule has 1 aromatic heterocycles. The van der Waals surface area contributed by atoms with Gasteiger partial charge in [0.05, 0.1) is 12.8 Å². The monoisotopic (exact) mass is 481 g/mol. The van der Waals surface area contributed by atoms with Crippen LogP contribution in [0.1, 0.15) is 36.8 Å². The average Bonchev–Trinajstić information content (AvgIpc) is 3.18. The summed E-state index contributed by atoms with van der Waals surface area (Å²) in [5.41, 5.74) is 2.00. The maximum absolute atomic E-state index is 14.0. The molecule has 1 saturated heterocycles. The van der Waals surface area contributed by atoms with Crippen molar-refractivity contribution in [2.45, 2.75) is 51.3 Å². The summed E-state index contributed by atoms with van der Waals surface area (Å²) in [6.45, 7) is 6.64. The lowest BCUT2D eigenvalue weighted by Gasteiger charge is -2.31. The van der Waals surface area contributed by atoms with Crippen molar-refractivity contribution in [3.05, 3.63) is 77.9 Å². The highest BCUT2D eigenvalue weighted by Gasteiger charge is 2.34. The number of aromatic nitrogens is 2. The first-order chi connectivity index (χ1) is 17.0. The van der Waals surface area contributed by atoms with Crippen molar-refractivity contribution >= 4 is 0 Å². The third-order valence-electron chi connectivity index (χ3n) is 6.62. The van der Waals surface area contributed by atoms with E-state index in [1.54, 1.807) is 25.3 Å². The quantitative estimate of drug-likeness (QED) is 0.350. The number of ether oxygens (including phenoxy) is 3. The van der Waals surface area contributed by atoms with Gasteiger partial charge in [-0.2, -0.15) is 5.10 Å². The molecule has 0 saturated carbocycles. The number of likely N-dealkylation sites (tertiary alicyclic amines) is 1.